The average Bonchev–Trinajstić information content (AvgIpc) is 2.18. The van der Waals surface area contributed by atoms with E-state index in [1.165, 1.54) is 0 Å². The number of nitrogens with zero attached hydrogens (tertiary/aromatic N) is 1. The molecule has 2 atom stereocenters. The second-order valence-electron chi connectivity index (χ2n) is 5.30. The van der Waals surface area contributed by atoms with Crippen molar-refractivity contribution in [3.8, 4) is 0 Å². The van der Waals surface area contributed by atoms with Gasteiger partial charge in [-0.2, -0.15) is 0 Å². The highest BCUT2D eigenvalue weighted by Gasteiger charge is 2.31. The molecule has 1 rings (SSSR count). The van der Waals surface area contributed by atoms with E-state index in [2.05, 4.69) is 25.7 Å². The molecule has 1 N–H and O–H groups in total. The molecular formula is C12H25NO2. The van der Waals surface area contributed by atoms with Gasteiger partial charge in [-0.3, -0.25) is 4.90 Å². The fourth-order valence-corrected chi connectivity index (χ4v) is 2.11. The fourth-order valence-electron chi connectivity index (χ4n) is 2.11. The van der Waals surface area contributed by atoms with Crippen molar-refractivity contribution in [2.24, 2.45) is 5.92 Å². The van der Waals surface area contributed by atoms with E-state index in [4.69, 9.17) is 4.74 Å². The van der Waals surface area contributed by atoms with Gasteiger partial charge >= 0.3 is 0 Å². The lowest BCUT2D eigenvalue weighted by molar-refractivity contribution is -0.0612. The van der Waals surface area contributed by atoms with Crippen molar-refractivity contribution in [3.63, 3.8) is 0 Å². The molecule has 0 amide bonds. The minimum Gasteiger partial charge on any atom is -0.392 e. The number of ether oxygens (including phenoxy) is 1. The molecule has 1 aliphatic heterocycles. The second kappa shape index (κ2) is 5.28. The molecule has 1 heterocycles. The lowest BCUT2D eigenvalue weighted by atomic mass is 9.94. The van der Waals surface area contributed by atoms with Gasteiger partial charge in [0.15, 0.2) is 0 Å². The maximum Gasteiger partial charge on any atom is 0.0777 e. The molecule has 0 aromatic rings. The Labute approximate surface area is 93.4 Å². The van der Waals surface area contributed by atoms with Crippen LogP contribution in [0.1, 0.15) is 33.6 Å². The Morgan fingerprint density at radius 2 is 2.13 bits per heavy atom. The van der Waals surface area contributed by atoms with Crippen molar-refractivity contribution >= 4 is 0 Å². The summed E-state index contributed by atoms with van der Waals surface area (Å²) in [6, 6.07) is 0. The van der Waals surface area contributed by atoms with E-state index in [0.717, 1.165) is 32.5 Å². The first kappa shape index (κ1) is 12.9. The van der Waals surface area contributed by atoms with Crippen LogP contribution in [0.2, 0.25) is 0 Å². The molecular weight excluding hydrogens is 190 g/mol. The monoisotopic (exact) mass is 215 g/mol. The Bertz CT molecular complexity index is 196. The average molecular weight is 215 g/mol. The van der Waals surface area contributed by atoms with Gasteiger partial charge in [-0.05, 0) is 32.2 Å². The first-order valence-electron chi connectivity index (χ1n) is 5.92. The first-order valence-corrected chi connectivity index (χ1v) is 5.92. The van der Waals surface area contributed by atoms with Crippen LogP contribution in [0.4, 0.5) is 0 Å². The number of hydrogen-bond donors (Lipinski definition) is 1. The van der Waals surface area contributed by atoms with Crippen molar-refractivity contribution in [1.29, 1.82) is 0 Å². The summed E-state index contributed by atoms with van der Waals surface area (Å²) in [5.41, 5.74) is -0.0189. The van der Waals surface area contributed by atoms with E-state index < -0.39 is 0 Å². The molecule has 15 heavy (non-hydrogen) atoms. The third kappa shape index (κ3) is 3.74. The molecule has 1 fully saturated rings. The number of methoxy groups -OCH3 is 1. The molecule has 1 aliphatic rings. The van der Waals surface area contributed by atoms with Crippen LogP contribution < -0.4 is 0 Å². The van der Waals surface area contributed by atoms with Gasteiger partial charge in [0, 0.05) is 20.2 Å². The Morgan fingerprint density at radius 1 is 1.47 bits per heavy atom. The lowest BCUT2D eigenvalue weighted by Gasteiger charge is -2.40. The predicted molar refractivity (Wildman–Crippen MR) is 61.9 cm³/mol. The van der Waals surface area contributed by atoms with Gasteiger partial charge in [-0.1, -0.05) is 13.8 Å². The number of hydrogen-bond acceptors (Lipinski definition) is 3. The maximum absolute atomic E-state index is 9.84. The smallest absolute Gasteiger partial charge is 0.0777 e. The number of piperidine rings is 1. The van der Waals surface area contributed by atoms with Gasteiger partial charge in [0.25, 0.3) is 0 Å². The van der Waals surface area contributed by atoms with Gasteiger partial charge < -0.3 is 9.84 Å². The highest BCUT2D eigenvalue weighted by molar-refractivity contribution is 4.85. The molecule has 0 aliphatic carbocycles. The predicted octanol–water partition coefficient (Wildman–Crippen LogP) is 1.50. The van der Waals surface area contributed by atoms with Crippen molar-refractivity contribution in [3.05, 3.63) is 0 Å². The van der Waals surface area contributed by atoms with E-state index in [0.29, 0.717) is 5.92 Å². The Morgan fingerprint density at radius 3 is 2.67 bits per heavy atom. The van der Waals surface area contributed by atoms with Crippen LogP contribution in [0.15, 0.2) is 0 Å². The van der Waals surface area contributed by atoms with Crippen LogP contribution in [0.3, 0.4) is 0 Å². The normalized spacial score (nSPS) is 30.8. The summed E-state index contributed by atoms with van der Waals surface area (Å²) < 4.78 is 5.53. The number of β-amino-alcohol motifs (C(OH)–C–C–N with tert-alkyl or cyclic N) is 1. The van der Waals surface area contributed by atoms with E-state index in [9.17, 15) is 5.11 Å². The molecule has 0 saturated carbocycles. The summed E-state index contributed by atoms with van der Waals surface area (Å²) in [5.74, 6) is 0.334. The topological polar surface area (TPSA) is 32.7 Å². The van der Waals surface area contributed by atoms with Gasteiger partial charge in [0.2, 0.25) is 0 Å². The highest BCUT2D eigenvalue weighted by Crippen LogP contribution is 2.24. The van der Waals surface area contributed by atoms with Crippen LogP contribution in [-0.4, -0.2) is 48.5 Å². The summed E-state index contributed by atoms with van der Waals surface area (Å²) in [5, 5.41) is 9.84. The Kier molecular flexibility index (Phi) is 4.56. The zero-order valence-corrected chi connectivity index (χ0v) is 10.5. The van der Waals surface area contributed by atoms with Gasteiger partial charge in [0.1, 0.15) is 0 Å². The molecule has 0 aromatic carbocycles. The number of aliphatic hydroxyl groups excluding tert-OH is 1. The molecule has 0 aromatic heterocycles. The molecule has 0 bridgehead atoms. The van der Waals surface area contributed by atoms with E-state index in [1.807, 2.05) is 0 Å². The standard InChI is InChI=1S/C12H25NO2/c1-10(2)11(14)8-13-7-5-6-12(3,9-13)15-4/h10-11,14H,5-9H2,1-4H3. The minimum atomic E-state index is -0.218. The number of aliphatic hydroxyl groups is 1. The largest absolute Gasteiger partial charge is 0.392 e. The van der Waals surface area contributed by atoms with Gasteiger partial charge in [-0.25, -0.2) is 0 Å². The van der Waals surface area contributed by atoms with Crippen molar-refractivity contribution < 1.29 is 9.84 Å². The molecule has 0 radical (unpaired) electrons. The summed E-state index contributed by atoms with van der Waals surface area (Å²) in [6.45, 7) is 9.07. The van der Waals surface area contributed by atoms with Crippen LogP contribution in [0.25, 0.3) is 0 Å². The van der Waals surface area contributed by atoms with E-state index >= 15 is 0 Å². The fraction of sp³-hybridized carbons (Fsp3) is 1.00. The van der Waals surface area contributed by atoms with Gasteiger partial charge in [-0.15, -0.1) is 0 Å². The maximum atomic E-state index is 9.84. The van der Waals surface area contributed by atoms with Crippen LogP contribution in [0.5, 0.6) is 0 Å². The molecule has 1 saturated heterocycles. The van der Waals surface area contributed by atoms with Gasteiger partial charge in [0.05, 0.1) is 11.7 Å². The third-order valence-corrected chi connectivity index (χ3v) is 3.45. The van der Waals surface area contributed by atoms with Crippen LogP contribution in [0, 0.1) is 5.92 Å². The summed E-state index contributed by atoms with van der Waals surface area (Å²) in [6.07, 6.45) is 2.07. The van der Waals surface area contributed by atoms with Crippen molar-refractivity contribution in [2.75, 3.05) is 26.7 Å². The Balaban J connectivity index is 2.43. The van der Waals surface area contributed by atoms with Crippen LogP contribution in [-0.2, 0) is 4.74 Å². The third-order valence-electron chi connectivity index (χ3n) is 3.45. The SMILES string of the molecule is COC1(C)CCCN(CC(O)C(C)C)C1. The minimum absolute atomic E-state index is 0.0189. The summed E-state index contributed by atoms with van der Waals surface area (Å²) in [4.78, 5) is 2.32. The Hall–Kier alpha value is -0.120. The number of rotatable bonds is 4. The molecule has 3 heteroatoms. The molecule has 3 nitrogen and oxygen atoms in total. The zero-order valence-electron chi connectivity index (χ0n) is 10.5. The van der Waals surface area contributed by atoms with Crippen molar-refractivity contribution in [2.45, 2.75) is 45.3 Å². The quantitative estimate of drug-likeness (QED) is 0.771. The summed E-state index contributed by atoms with van der Waals surface area (Å²) in [7, 11) is 1.78. The van der Waals surface area contributed by atoms with E-state index in [-0.39, 0.29) is 11.7 Å². The zero-order chi connectivity index (χ0) is 11.5. The number of likely N-dealkylation sites (tertiary alicyclic amines) is 1. The highest BCUT2D eigenvalue weighted by atomic mass is 16.5. The first-order chi connectivity index (χ1) is 6.97. The summed E-state index contributed by atoms with van der Waals surface area (Å²) >= 11 is 0. The molecule has 90 valence electrons. The van der Waals surface area contributed by atoms with Crippen LogP contribution >= 0.6 is 0 Å². The molecule has 2 unspecified atom stereocenters. The molecule has 0 spiro atoms. The second-order valence-corrected chi connectivity index (χ2v) is 5.30. The van der Waals surface area contributed by atoms with Crippen molar-refractivity contribution in [1.82, 2.24) is 4.90 Å². The lowest BCUT2D eigenvalue weighted by Crippen LogP contribution is -2.50. The van der Waals surface area contributed by atoms with E-state index in [1.54, 1.807) is 7.11 Å².